The Morgan fingerprint density at radius 3 is 2.30 bits per heavy atom. The minimum absolute atomic E-state index is 0.103. The Morgan fingerprint density at radius 1 is 1.04 bits per heavy atom. The molecule has 1 heterocycles. The van der Waals surface area contributed by atoms with Crippen molar-refractivity contribution in [3.05, 3.63) is 59.2 Å². The average Bonchev–Trinajstić information content (AvgIpc) is 2.66. The van der Waals surface area contributed by atoms with E-state index in [0.717, 1.165) is 35.5 Å². The van der Waals surface area contributed by atoms with Crippen LogP contribution in [0.1, 0.15) is 42.9 Å². The van der Waals surface area contributed by atoms with Crippen molar-refractivity contribution in [2.45, 2.75) is 52.7 Å². The third-order valence-corrected chi connectivity index (χ3v) is 5.00. The molecule has 1 saturated heterocycles. The van der Waals surface area contributed by atoms with Crippen molar-refractivity contribution in [3.8, 4) is 5.75 Å². The summed E-state index contributed by atoms with van der Waals surface area (Å²) < 4.78 is 5.81. The number of carbonyl (C=O) groups is 1. The van der Waals surface area contributed by atoms with Crippen LogP contribution in [-0.4, -0.2) is 25.1 Å². The number of hydrogen-bond acceptors (Lipinski definition) is 3. The molecule has 0 spiro atoms. The van der Waals surface area contributed by atoms with Crippen LogP contribution in [0.25, 0.3) is 0 Å². The molecule has 0 aliphatic carbocycles. The van der Waals surface area contributed by atoms with Gasteiger partial charge in [-0.3, -0.25) is 4.79 Å². The minimum atomic E-state index is -0.529. The van der Waals surface area contributed by atoms with E-state index in [4.69, 9.17) is 4.74 Å². The van der Waals surface area contributed by atoms with Gasteiger partial charge in [0, 0.05) is 25.3 Å². The summed E-state index contributed by atoms with van der Waals surface area (Å²) in [7, 11) is 0. The van der Waals surface area contributed by atoms with Gasteiger partial charge in [0.15, 0.2) is 6.10 Å². The maximum atomic E-state index is 12.4. The Morgan fingerprint density at radius 2 is 1.67 bits per heavy atom. The molecule has 1 fully saturated rings. The molecule has 1 amide bonds. The quantitative estimate of drug-likeness (QED) is 0.825. The zero-order chi connectivity index (χ0) is 19.2. The summed E-state index contributed by atoms with van der Waals surface area (Å²) in [5.74, 6) is 0.635. The number of carbonyl (C=O) groups excluding carboxylic acids is 1. The van der Waals surface area contributed by atoms with Crippen molar-refractivity contribution in [2.24, 2.45) is 0 Å². The minimum Gasteiger partial charge on any atom is -0.481 e. The fraction of sp³-hybridized carbons (Fsp3) is 0.435. The molecule has 4 nitrogen and oxygen atoms in total. The number of rotatable bonds is 6. The maximum Gasteiger partial charge on any atom is 0.261 e. The summed E-state index contributed by atoms with van der Waals surface area (Å²) in [5, 5.41) is 2.97. The number of benzene rings is 2. The van der Waals surface area contributed by atoms with E-state index >= 15 is 0 Å². The lowest BCUT2D eigenvalue weighted by Gasteiger charge is -2.28. The van der Waals surface area contributed by atoms with Crippen LogP contribution in [0.15, 0.2) is 42.5 Å². The van der Waals surface area contributed by atoms with Crippen molar-refractivity contribution >= 4 is 11.6 Å². The normalized spacial score (nSPS) is 15.3. The highest BCUT2D eigenvalue weighted by atomic mass is 16.5. The van der Waals surface area contributed by atoms with Gasteiger partial charge < -0.3 is 15.0 Å². The van der Waals surface area contributed by atoms with Gasteiger partial charge in [-0.25, -0.2) is 0 Å². The van der Waals surface area contributed by atoms with E-state index in [1.54, 1.807) is 6.92 Å². The fourth-order valence-corrected chi connectivity index (χ4v) is 3.57. The Hall–Kier alpha value is -2.49. The van der Waals surface area contributed by atoms with Gasteiger partial charge in [-0.05, 0) is 81.0 Å². The number of ether oxygens (including phenoxy) is 1. The second kappa shape index (κ2) is 8.94. The Bertz CT molecular complexity index is 744. The van der Waals surface area contributed by atoms with Crippen molar-refractivity contribution < 1.29 is 9.53 Å². The Kier molecular flexibility index (Phi) is 6.38. The molecule has 2 aromatic carbocycles. The maximum absolute atomic E-state index is 12.4. The van der Waals surface area contributed by atoms with Gasteiger partial charge in [-0.2, -0.15) is 0 Å². The highest BCUT2D eigenvalue weighted by Gasteiger charge is 2.15. The molecule has 0 aromatic heterocycles. The highest BCUT2D eigenvalue weighted by Crippen LogP contribution is 2.20. The van der Waals surface area contributed by atoms with E-state index in [9.17, 15) is 4.79 Å². The summed E-state index contributed by atoms with van der Waals surface area (Å²) in [5.41, 5.74) is 4.64. The third kappa shape index (κ3) is 5.49. The van der Waals surface area contributed by atoms with Crippen LogP contribution in [0.5, 0.6) is 5.75 Å². The molecule has 0 bridgehead atoms. The zero-order valence-electron chi connectivity index (χ0n) is 16.6. The number of aryl methyl sites for hydroxylation is 2. The van der Waals surface area contributed by atoms with Gasteiger partial charge in [-0.1, -0.05) is 18.2 Å². The van der Waals surface area contributed by atoms with Gasteiger partial charge >= 0.3 is 0 Å². The van der Waals surface area contributed by atoms with Crippen molar-refractivity contribution in [2.75, 3.05) is 18.0 Å². The molecule has 1 N–H and O–H groups in total. The monoisotopic (exact) mass is 366 g/mol. The Labute approximate surface area is 162 Å². The summed E-state index contributed by atoms with van der Waals surface area (Å²) >= 11 is 0. The predicted octanol–water partition coefficient (Wildman–Crippen LogP) is 4.38. The molecule has 1 atom stereocenters. The number of amides is 1. The van der Waals surface area contributed by atoms with Gasteiger partial charge in [0.1, 0.15) is 5.75 Å². The molecule has 1 unspecified atom stereocenters. The van der Waals surface area contributed by atoms with E-state index in [0.29, 0.717) is 6.54 Å². The molecule has 2 aromatic rings. The average molecular weight is 367 g/mol. The zero-order valence-corrected chi connectivity index (χ0v) is 16.6. The summed E-state index contributed by atoms with van der Waals surface area (Å²) in [6, 6.07) is 14.5. The Balaban J connectivity index is 1.50. The van der Waals surface area contributed by atoms with Crippen LogP contribution in [0.4, 0.5) is 5.69 Å². The summed E-state index contributed by atoms with van der Waals surface area (Å²) in [6.45, 7) is 8.63. The number of hydrogen-bond donors (Lipinski definition) is 1. The van der Waals surface area contributed by atoms with E-state index in [1.807, 2.05) is 26.0 Å². The number of piperidine rings is 1. The number of nitrogens with one attached hydrogen (secondary N) is 1. The topological polar surface area (TPSA) is 41.6 Å². The van der Waals surface area contributed by atoms with Gasteiger partial charge in [0.25, 0.3) is 5.91 Å². The fourth-order valence-electron chi connectivity index (χ4n) is 3.57. The van der Waals surface area contributed by atoms with Gasteiger partial charge in [0.05, 0.1) is 0 Å². The van der Waals surface area contributed by atoms with Crippen molar-refractivity contribution in [1.82, 2.24) is 5.32 Å². The first-order valence-electron chi connectivity index (χ1n) is 9.88. The van der Waals surface area contributed by atoms with Crippen molar-refractivity contribution in [1.29, 1.82) is 0 Å². The smallest absolute Gasteiger partial charge is 0.261 e. The molecule has 3 rings (SSSR count). The van der Waals surface area contributed by atoms with Gasteiger partial charge in [-0.15, -0.1) is 0 Å². The number of anilines is 1. The first kappa shape index (κ1) is 19.3. The second-order valence-corrected chi connectivity index (χ2v) is 7.52. The SMILES string of the molecule is Cc1cc(C)cc(OC(C)C(=O)NCc2ccc(N3CCCCC3)cc2)c1. The second-order valence-electron chi connectivity index (χ2n) is 7.52. The molecule has 27 heavy (non-hydrogen) atoms. The lowest BCUT2D eigenvalue weighted by molar-refractivity contribution is -0.127. The van der Waals surface area contributed by atoms with Crippen LogP contribution in [0.3, 0.4) is 0 Å². The standard InChI is InChI=1S/C23H30N2O2/c1-17-13-18(2)15-22(14-17)27-19(3)23(26)24-16-20-7-9-21(10-8-20)25-11-5-4-6-12-25/h7-10,13-15,19H,4-6,11-12,16H2,1-3H3,(H,24,26). The van der Waals surface area contributed by atoms with E-state index < -0.39 is 6.10 Å². The number of nitrogens with zero attached hydrogens (tertiary/aromatic N) is 1. The van der Waals surface area contributed by atoms with Crippen LogP contribution in [-0.2, 0) is 11.3 Å². The molecular weight excluding hydrogens is 336 g/mol. The highest BCUT2D eigenvalue weighted by molar-refractivity contribution is 5.80. The summed E-state index contributed by atoms with van der Waals surface area (Å²) in [4.78, 5) is 14.8. The summed E-state index contributed by atoms with van der Waals surface area (Å²) in [6.07, 6.45) is 3.36. The molecule has 1 aliphatic rings. The lowest BCUT2D eigenvalue weighted by atomic mass is 10.1. The first-order chi connectivity index (χ1) is 13.0. The van der Waals surface area contributed by atoms with Crippen LogP contribution in [0.2, 0.25) is 0 Å². The van der Waals surface area contributed by atoms with Crippen molar-refractivity contribution in [3.63, 3.8) is 0 Å². The molecule has 0 radical (unpaired) electrons. The van der Waals surface area contributed by atoms with Crippen LogP contribution < -0.4 is 15.0 Å². The van der Waals surface area contributed by atoms with E-state index in [2.05, 4.69) is 40.5 Å². The lowest BCUT2D eigenvalue weighted by Crippen LogP contribution is -2.36. The molecule has 144 valence electrons. The largest absolute Gasteiger partial charge is 0.481 e. The van der Waals surface area contributed by atoms with Crippen LogP contribution >= 0.6 is 0 Å². The molecule has 1 aliphatic heterocycles. The predicted molar refractivity (Wildman–Crippen MR) is 110 cm³/mol. The van der Waals surface area contributed by atoms with Crippen LogP contribution in [0, 0.1) is 13.8 Å². The molecule has 4 heteroatoms. The molecular formula is C23H30N2O2. The third-order valence-electron chi connectivity index (χ3n) is 5.00. The van der Waals surface area contributed by atoms with E-state index in [-0.39, 0.29) is 5.91 Å². The van der Waals surface area contributed by atoms with Gasteiger partial charge in [0.2, 0.25) is 0 Å². The first-order valence-corrected chi connectivity index (χ1v) is 9.88. The van der Waals surface area contributed by atoms with E-state index in [1.165, 1.54) is 24.9 Å². The molecule has 0 saturated carbocycles.